The van der Waals surface area contributed by atoms with E-state index in [1.165, 1.54) is 54.0 Å². The monoisotopic (exact) mass is 830 g/mol. The minimum atomic E-state index is -0.0167. The van der Waals surface area contributed by atoms with E-state index in [-0.39, 0.29) is 5.41 Å². The van der Waals surface area contributed by atoms with E-state index in [0.29, 0.717) is 18.5 Å². The fourth-order valence-electron chi connectivity index (χ4n) is 13.2. The lowest BCUT2D eigenvalue weighted by atomic mass is 9.42. The summed E-state index contributed by atoms with van der Waals surface area (Å²) in [6.07, 6.45) is 8.80. The van der Waals surface area contributed by atoms with Gasteiger partial charge in [-0.15, -0.1) is 0 Å². The summed E-state index contributed by atoms with van der Waals surface area (Å²) >= 11 is 0. The van der Waals surface area contributed by atoms with E-state index in [2.05, 4.69) is 184 Å². The number of benzene rings is 7. The van der Waals surface area contributed by atoms with Crippen LogP contribution in [0.5, 0.6) is 11.5 Å². The normalized spacial score (nSPS) is 22.3. The molecule has 15 rings (SSSR count). The first-order valence-electron chi connectivity index (χ1n) is 23.1. The quantitative estimate of drug-likeness (QED) is 0.160. The zero-order valence-electron chi connectivity index (χ0n) is 35.5. The van der Waals surface area contributed by atoms with Crippen LogP contribution < -0.4 is 14.5 Å². The van der Waals surface area contributed by atoms with Crippen LogP contribution in [-0.4, -0.2) is 16.2 Å². The molecule has 310 valence electrons. The largest absolute Gasteiger partial charge is 0.456 e. The molecule has 4 fully saturated rings. The Morgan fingerprint density at radius 3 is 1.95 bits per heavy atom. The molecule has 0 saturated heterocycles. The van der Waals surface area contributed by atoms with Crippen LogP contribution in [0.15, 0.2) is 187 Å². The number of rotatable bonds is 7. The van der Waals surface area contributed by atoms with Gasteiger partial charge in [0.1, 0.15) is 35.2 Å². The topological polar surface area (TPSA) is 46.7 Å². The van der Waals surface area contributed by atoms with E-state index in [9.17, 15) is 0 Å². The van der Waals surface area contributed by atoms with Gasteiger partial charge in [0, 0.05) is 51.7 Å². The Morgan fingerprint density at radius 1 is 0.516 bits per heavy atom. The van der Waals surface area contributed by atoms with Crippen LogP contribution in [0, 0.1) is 23.7 Å². The number of pyridine rings is 1. The first kappa shape index (κ1) is 36.2. The number of hydrogen-bond acceptors (Lipinski definition) is 5. The van der Waals surface area contributed by atoms with Crippen molar-refractivity contribution >= 4 is 66.5 Å². The minimum absolute atomic E-state index is 0.0167. The van der Waals surface area contributed by atoms with Crippen molar-refractivity contribution in [1.29, 1.82) is 0 Å². The van der Waals surface area contributed by atoms with Crippen LogP contribution in [0.1, 0.15) is 43.2 Å². The first-order chi connectivity index (χ1) is 31.7. The summed E-state index contributed by atoms with van der Waals surface area (Å²) in [6.45, 7) is 0.654. The highest BCUT2D eigenvalue weighted by atomic mass is 16.5. The fourth-order valence-corrected chi connectivity index (χ4v) is 13.2. The van der Waals surface area contributed by atoms with Gasteiger partial charge in [0.15, 0.2) is 0 Å². The molecule has 7 aromatic carbocycles. The molecule has 64 heavy (non-hydrogen) atoms. The average Bonchev–Trinajstić information content (AvgIpc) is 4.02. The van der Waals surface area contributed by atoms with Gasteiger partial charge in [-0.05, 0) is 128 Å². The molecule has 4 aliphatic carbocycles. The lowest BCUT2D eigenvalue weighted by molar-refractivity contribution is -0.0418. The van der Waals surface area contributed by atoms with E-state index in [0.717, 1.165) is 84.9 Å². The minimum Gasteiger partial charge on any atom is -0.456 e. The molecule has 6 nitrogen and oxygen atoms in total. The Labute approximate surface area is 372 Å². The number of anilines is 4. The second-order valence-electron chi connectivity index (χ2n) is 18.8. The average molecular weight is 831 g/mol. The van der Waals surface area contributed by atoms with Crippen molar-refractivity contribution in [2.75, 3.05) is 16.5 Å². The predicted molar refractivity (Wildman–Crippen MR) is 259 cm³/mol. The summed E-state index contributed by atoms with van der Waals surface area (Å²) in [6, 6.07) is 63.4. The number of furan rings is 1. The fraction of sp³-hybridized carbons (Fsp3) is 0.190. The van der Waals surface area contributed by atoms with Crippen molar-refractivity contribution in [1.82, 2.24) is 9.55 Å². The van der Waals surface area contributed by atoms with Crippen molar-refractivity contribution in [3.05, 3.63) is 193 Å². The molecule has 1 aliphatic heterocycles. The predicted octanol–water partition coefficient (Wildman–Crippen LogP) is 14.9. The molecule has 3 aromatic heterocycles. The SMILES string of the molecule is c1ccc(N2CN(c3cc(Oc4ccc5c6ccccc6n(-c6cc(C7(c8ccccc8)C8CC9CC(C8)CC7C9)ccn6)c5c4)c4c(c3)oc3ccccc34)c3ccccc32)cc1. The van der Waals surface area contributed by atoms with E-state index < -0.39 is 0 Å². The van der Waals surface area contributed by atoms with Crippen molar-refractivity contribution in [3.63, 3.8) is 0 Å². The van der Waals surface area contributed by atoms with Crippen LogP contribution in [0.25, 0.3) is 49.6 Å². The van der Waals surface area contributed by atoms with Gasteiger partial charge in [-0.1, -0.05) is 97.1 Å². The molecular formula is C58H46N4O2. The van der Waals surface area contributed by atoms with E-state index in [4.69, 9.17) is 14.1 Å². The van der Waals surface area contributed by atoms with E-state index >= 15 is 0 Å². The smallest absolute Gasteiger partial charge is 0.141 e. The summed E-state index contributed by atoms with van der Waals surface area (Å²) in [5.41, 5.74) is 11.1. The second kappa shape index (κ2) is 13.8. The molecular weight excluding hydrogens is 785 g/mol. The van der Waals surface area contributed by atoms with Crippen LogP contribution in [0.2, 0.25) is 0 Å². The van der Waals surface area contributed by atoms with Crippen molar-refractivity contribution in [3.8, 4) is 17.3 Å². The van der Waals surface area contributed by atoms with Crippen LogP contribution in [0.3, 0.4) is 0 Å². The molecule has 4 heterocycles. The zero-order chi connectivity index (χ0) is 41.9. The number of fused-ring (bicyclic) bond motifs is 7. The Hall–Kier alpha value is -7.31. The van der Waals surface area contributed by atoms with Gasteiger partial charge in [0.05, 0.1) is 33.5 Å². The Bertz CT molecular complexity index is 3420. The van der Waals surface area contributed by atoms with Crippen molar-refractivity contribution < 1.29 is 9.15 Å². The summed E-state index contributed by atoms with van der Waals surface area (Å²) in [5, 5.41) is 4.36. The second-order valence-corrected chi connectivity index (χ2v) is 18.8. The van der Waals surface area contributed by atoms with Crippen LogP contribution >= 0.6 is 0 Å². The Morgan fingerprint density at radius 2 is 1.17 bits per heavy atom. The molecule has 0 N–H and O–H groups in total. The number of ether oxygens (including phenoxy) is 1. The number of para-hydroxylation sites is 5. The molecule has 0 amide bonds. The number of hydrogen-bond donors (Lipinski definition) is 0. The molecule has 10 aromatic rings. The summed E-state index contributed by atoms with van der Waals surface area (Å²) < 4.78 is 16.2. The third kappa shape index (κ3) is 5.29. The third-order valence-electron chi connectivity index (χ3n) is 15.6. The molecule has 0 unspecified atom stereocenters. The van der Waals surface area contributed by atoms with E-state index in [1.54, 1.807) is 0 Å². The van der Waals surface area contributed by atoms with E-state index in [1.807, 2.05) is 12.1 Å². The highest BCUT2D eigenvalue weighted by molar-refractivity contribution is 6.11. The van der Waals surface area contributed by atoms with Gasteiger partial charge in [-0.25, -0.2) is 4.98 Å². The highest BCUT2D eigenvalue weighted by Gasteiger charge is 2.58. The molecule has 0 radical (unpaired) electrons. The Balaban J connectivity index is 0.915. The molecule has 4 saturated carbocycles. The van der Waals surface area contributed by atoms with Gasteiger partial charge in [-0.2, -0.15) is 0 Å². The highest BCUT2D eigenvalue weighted by Crippen LogP contribution is 2.65. The maximum Gasteiger partial charge on any atom is 0.141 e. The summed E-state index contributed by atoms with van der Waals surface area (Å²) in [7, 11) is 0. The van der Waals surface area contributed by atoms with Crippen molar-refractivity contribution in [2.45, 2.75) is 37.5 Å². The van der Waals surface area contributed by atoms with Crippen LogP contribution in [0.4, 0.5) is 22.7 Å². The molecule has 0 spiro atoms. The van der Waals surface area contributed by atoms with Gasteiger partial charge in [0.2, 0.25) is 0 Å². The van der Waals surface area contributed by atoms with Crippen molar-refractivity contribution in [2.24, 2.45) is 23.7 Å². The summed E-state index contributed by atoms with van der Waals surface area (Å²) in [5.74, 6) is 5.48. The number of nitrogens with zero attached hydrogens (tertiary/aromatic N) is 4. The van der Waals surface area contributed by atoms with Gasteiger partial charge >= 0.3 is 0 Å². The molecule has 4 bridgehead atoms. The zero-order valence-corrected chi connectivity index (χ0v) is 35.5. The summed E-state index contributed by atoms with van der Waals surface area (Å²) in [4.78, 5) is 9.92. The van der Waals surface area contributed by atoms with Gasteiger partial charge in [0.25, 0.3) is 0 Å². The maximum absolute atomic E-state index is 7.18. The maximum atomic E-state index is 7.18. The molecule has 6 heteroatoms. The standard InChI is InChI=1S/C58H46N4O2/c1-3-13-39(14-4-1)58(41-28-37-27-38(30-41)31-42(58)29-37)40-25-26-59-56(32-40)62-49-19-9-7-17-46(49)47-24-23-45(35-52(47)62)63-54-33-44(34-55-57(54)48-18-8-12-22-53(48)64-55)61-36-60(43-15-5-2-6-16-43)50-20-10-11-21-51(50)61/h1-26,32-35,37-38,41-42H,27-31,36H2. The lowest BCUT2D eigenvalue weighted by Gasteiger charge is -2.62. The molecule has 0 atom stereocenters. The Kier molecular flexibility index (Phi) is 7.83. The third-order valence-corrected chi connectivity index (χ3v) is 15.6. The first-order valence-corrected chi connectivity index (χ1v) is 23.1. The lowest BCUT2D eigenvalue weighted by Crippen LogP contribution is -2.56. The van der Waals surface area contributed by atoms with Crippen LogP contribution in [-0.2, 0) is 5.41 Å². The van der Waals surface area contributed by atoms with Gasteiger partial charge < -0.3 is 19.0 Å². The molecule has 5 aliphatic rings. The number of aromatic nitrogens is 2. The van der Waals surface area contributed by atoms with Gasteiger partial charge in [-0.3, -0.25) is 4.57 Å².